The molecule has 0 aromatic heterocycles. The van der Waals surface area contributed by atoms with Gasteiger partial charge in [0.2, 0.25) is 0 Å². The second kappa shape index (κ2) is 7.79. The fourth-order valence-electron chi connectivity index (χ4n) is 4.31. The van der Waals surface area contributed by atoms with Gasteiger partial charge in [-0.25, -0.2) is 0 Å². The lowest BCUT2D eigenvalue weighted by molar-refractivity contribution is 0.0920. The first-order valence-corrected chi connectivity index (χ1v) is 9.13. The Labute approximate surface area is 126 Å². The average molecular weight is 280 g/mol. The molecule has 20 heavy (non-hydrogen) atoms. The molecule has 0 amide bonds. The molecule has 0 aromatic carbocycles. The predicted octanol–water partition coefficient (Wildman–Crippen LogP) is 4.20. The van der Waals surface area contributed by atoms with Crippen molar-refractivity contribution in [1.29, 1.82) is 0 Å². The Morgan fingerprint density at radius 3 is 2.25 bits per heavy atom. The van der Waals surface area contributed by atoms with E-state index < -0.39 is 0 Å². The zero-order valence-corrected chi connectivity index (χ0v) is 14.1. The van der Waals surface area contributed by atoms with Crippen LogP contribution in [0.2, 0.25) is 0 Å². The van der Waals surface area contributed by atoms with Gasteiger partial charge in [0.15, 0.2) is 0 Å². The van der Waals surface area contributed by atoms with Gasteiger partial charge in [-0.2, -0.15) is 0 Å². The van der Waals surface area contributed by atoms with Crippen LogP contribution in [0.4, 0.5) is 0 Å². The summed E-state index contributed by atoms with van der Waals surface area (Å²) in [4.78, 5) is 2.83. The van der Waals surface area contributed by atoms with Crippen LogP contribution in [-0.2, 0) is 0 Å². The number of rotatable bonds is 7. The largest absolute Gasteiger partial charge is 0.314 e. The molecule has 2 saturated carbocycles. The molecule has 0 bridgehead atoms. The molecular weight excluding hydrogens is 244 g/mol. The second-order valence-corrected chi connectivity index (χ2v) is 7.60. The Hall–Kier alpha value is -0.0800. The molecule has 2 nitrogen and oxygen atoms in total. The second-order valence-electron chi connectivity index (χ2n) is 7.60. The van der Waals surface area contributed by atoms with E-state index in [1.54, 1.807) is 0 Å². The van der Waals surface area contributed by atoms with Gasteiger partial charge in [0.05, 0.1) is 0 Å². The van der Waals surface area contributed by atoms with Crippen molar-refractivity contribution in [2.24, 2.45) is 5.41 Å². The average Bonchev–Trinajstić information content (AvgIpc) is 2.93. The summed E-state index contributed by atoms with van der Waals surface area (Å²) in [6.07, 6.45) is 13.0. The maximum Gasteiger partial charge on any atom is 0.00953 e. The van der Waals surface area contributed by atoms with Crippen molar-refractivity contribution in [2.45, 2.75) is 90.6 Å². The summed E-state index contributed by atoms with van der Waals surface area (Å²) in [6, 6.07) is 1.50. The van der Waals surface area contributed by atoms with E-state index in [4.69, 9.17) is 0 Å². The maximum absolute atomic E-state index is 3.73. The first-order chi connectivity index (χ1) is 9.65. The highest BCUT2D eigenvalue weighted by molar-refractivity contribution is 4.91. The quantitative estimate of drug-likeness (QED) is 0.752. The van der Waals surface area contributed by atoms with Crippen LogP contribution in [-0.4, -0.2) is 36.6 Å². The molecule has 0 aliphatic heterocycles. The van der Waals surface area contributed by atoms with Gasteiger partial charge >= 0.3 is 0 Å². The highest BCUT2D eigenvalue weighted by Gasteiger charge is 2.36. The summed E-state index contributed by atoms with van der Waals surface area (Å²) in [7, 11) is 0. The number of hydrogen-bond donors (Lipinski definition) is 1. The van der Waals surface area contributed by atoms with Crippen LogP contribution in [0.5, 0.6) is 0 Å². The molecule has 0 radical (unpaired) electrons. The van der Waals surface area contributed by atoms with Gasteiger partial charge in [-0.15, -0.1) is 0 Å². The predicted molar refractivity (Wildman–Crippen MR) is 88.2 cm³/mol. The standard InChI is InChI=1S/C18H36N2/c1-4-20(17-10-6-5-7-11-17)15-18(12-8-9-13-18)14-19-16(2)3/h16-17,19H,4-15H2,1-3H3. The molecule has 0 unspecified atom stereocenters. The summed E-state index contributed by atoms with van der Waals surface area (Å²) < 4.78 is 0. The fraction of sp³-hybridized carbons (Fsp3) is 1.00. The molecule has 118 valence electrons. The summed E-state index contributed by atoms with van der Waals surface area (Å²) in [5.74, 6) is 0. The van der Waals surface area contributed by atoms with Crippen LogP contribution >= 0.6 is 0 Å². The van der Waals surface area contributed by atoms with E-state index in [0.717, 1.165) is 6.04 Å². The molecule has 2 rings (SSSR count). The Balaban J connectivity index is 1.94. The zero-order valence-electron chi connectivity index (χ0n) is 14.1. The van der Waals surface area contributed by atoms with E-state index >= 15 is 0 Å². The lowest BCUT2D eigenvalue weighted by atomic mass is 9.83. The minimum absolute atomic E-state index is 0.567. The Kier molecular flexibility index (Phi) is 6.35. The van der Waals surface area contributed by atoms with Gasteiger partial charge < -0.3 is 10.2 Å². The van der Waals surface area contributed by atoms with Crippen molar-refractivity contribution < 1.29 is 0 Å². The van der Waals surface area contributed by atoms with Gasteiger partial charge in [0, 0.05) is 25.2 Å². The van der Waals surface area contributed by atoms with E-state index in [1.165, 1.54) is 77.4 Å². The van der Waals surface area contributed by atoms with Gasteiger partial charge in [-0.1, -0.05) is 52.9 Å². The van der Waals surface area contributed by atoms with Crippen LogP contribution in [0, 0.1) is 5.41 Å². The highest BCUT2D eigenvalue weighted by atomic mass is 15.2. The Morgan fingerprint density at radius 1 is 1.05 bits per heavy atom. The zero-order chi connectivity index (χ0) is 14.4. The summed E-state index contributed by atoms with van der Waals surface area (Å²) >= 11 is 0. The molecule has 1 N–H and O–H groups in total. The lowest BCUT2D eigenvalue weighted by Gasteiger charge is -2.41. The molecule has 2 heteroatoms. The van der Waals surface area contributed by atoms with E-state index in [1.807, 2.05) is 0 Å². The number of hydrogen-bond acceptors (Lipinski definition) is 2. The number of nitrogens with zero attached hydrogens (tertiary/aromatic N) is 1. The molecule has 0 atom stereocenters. The van der Waals surface area contributed by atoms with E-state index in [2.05, 4.69) is 31.0 Å². The Bertz CT molecular complexity index is 263. The first-order valence-electron chi connectivity index (χ1n) is 9.13. The van der Waals surface area contributed by atoms with Crippen molar-refractivity contribution in [3.63, 3.8) is 0 Å². The molecule has 2 fully saturated rings. The maximum atomic E-state index is 3.73. The van der Waals surface area contributed by atoms with Gasteiger partial charge in [-0.3, -0.25) is 0 Å². The fourth-order valence-corrected chi connectivity index (χ4v) is 4.31. The first kappa shape index (κ1) is 16.3. The van der Waals surface area contributed by atoms with E-state index in [0.29, 0.717) is 11.5 Å². The summed E-state index contributed by atoms with van der Waals surface area (Å²) in [5.41, 5.74) is 0.567. The third-order valence-electron chi connectivity index (χ3n) is 5.59. The summed E-state index contributed by atoms with van der Waals surface area (Å²) in [6.45, 7) is 10.7. The molecular formula is C18H36N2. The van der Waals surface area contributed by atoms with Crippen molar-refractivity contribution in [2.75, 3.05) is 19.6 Å². The SMILES string of the molecule is CCN(CC1(CNC(C)C)CCCC1)C1CCCCC1. The molecule has 0 saturated heterocycles. The van der Waals surface area contributed by atoms with Crippen LogP contribution in [0.1, 0.15) is 78.6 Å². The lowest BCUT2D eigenvalue weighted by Crippen LogP contribution is -2.48. The molecule has 2 aliphatic carbocycles. The van der Waals surface area contributed by atoms with Gasteiger partial charge in [0.25, 0.3) is 0 Å². The van der Waals surface area contributed by atoms with Crippen molar-refractivity contribution >= 4 is 0 Å². The Morgan fingerprint density at radius 2 is 1.70 bits per heavy atom. The van der Waals surface area contributed by atoms with E-state index in [9.17, 15) is 0 Å². The summed E-state index contributed by atoms with van der Waals surface area (Å²) in [5, 5.41) is 3.73. The van der Waals surface area contributed by atoms with Crippen LogP contribution < -0.4 is 5.32 Å². The molecule has 0 heterocycles. The third kappa shape index (κ3) is 4.46. The minimum Gasteiger partial charge on any atom is -0.314 e. The van der Waals surface area contributed by atoms with Crippen LogP contribution in [0.25, 0.3) is 0 Å². The normalized spacial score (nSPS) is 23.9. The van der Waals surface area contributed by atoms with Crippen LogP contribution in [0.3, 0.4) is 0 Å². The van der Waals surface area contributed by atoms with Crippen LogP contribution in [0.15, 0.2) is 0 Å². The van der Waals surface area contributed by atoms with Gasteiger partial charge in [0.1, 0.15) is 0 Å². The third-order valence-corrected chi connectivity index (χ3v) is 5.59. The van der Waals surface area contributed by atoms with Crippen molar-refractivity contribution in [1.82, 2.24) is 10.2 Å². The van der Waals surface area contributed by atoms with Crippen molar-refractivity contribution in [3.8, 4) is 0 Å². The smallest absolute Gasteiger partial charge is 0.00953 e. The highest BCUT2D eigenvalue weighted by Crippen LogP contribution is 2.39. The number of nitrogens with one attached hydrogen (secondary N) is 1. The van der Waals surface area contributed by atoms with Crippen molar-refractivity contribution in [3.05, 3.63) is 0 Å². The molecule has 0 aromatic rings. The monoisotopic (exact) mass is 280 g/mol. The minimum atomic E-state index is 0.567. The topological polar surface area (TPSA) is 15.3 Å². The molecule has 2 aliphatic rings. The van der Waals surface area contributed by atoms with Gasteiger partial charge in [-0.05, 0) is 37.6 Å². The van der Waals surface area contributed by atoms with E-state index in [-0.39, 0.29) is 0 Å². The molecule has 0 spiro atoms.